The third kappa shape index (κ3) is 4.23. The quantitative estimate of drug-likeness (QED) is 0.683. The number of alkyl halides is 3. The van der Waals surface area contributed by atoms with Crippen LogP contribution in [-0.2, 0) is 19.1 Å². The summed E-state index contributed by atoms with van der Waals surface area (Å²) in [5.74, 6) is -0.469. The molecule has 0 saturated heterocycles. The van der Waals surface area contributed by atoms with E-state index >= 15 is 0 Å². The van der Waals surface area contributed by atoms with Gasteiger partial charge in [0.1, 0.15) is 5.69 Å². The Kier molecular flexibility index (Phi) is 4.96. The fourth-order valence-corrected chi connectivity index (χ4v) is 3.39. The fraction of sp³-hybridized carbons (Fsp3) is 0.182. The third-order valence-corrected chi connectivity index (χ3v) is 4.94. The molecule has 1 aliphatic rings. The van der Waals surface area contributed by atoms with E-state index in [1.807, 2.05) is 18.2 Å². The van der Waals surface area contributed by atoms with Crippen LogP contribution >= 0.6 is 0 Å². The number of hydrogen-bond donors (Lipinski definition) is 1. The number of anilines is 2. The van der Waals surface area contributed by atoms with Crippen LogP contribution in [0.4, 0.5) is 24.5 Å². The molecular weight excluding hydrogens is 379 g/mol. The van der Waals surface area contributed by atoms with Crippen LogP contribution in [0, 0.1) is 0 Å². The van der Waals surface area contributed by atoms with Gasteiger partial charge in [0.05, 0.1) is 5.56 Å². The molecule has 29 heavy (non-hydrogen) atoms. The summed E-state index contributed by atoms with van der Waals surface area (Å²) in [4.78, 5) is 18.8. The van der Waals surface area contributed by atoms with Gasteiger partial charge >= 0.3 is 6.18 Å². The molecule has 2 aromatic carbocycles. The van der Waals surface area contributed by atoms with Crippen LogP contribution in [0.5, 0.6) is 0 Å². The SMILES string of the molecule is O=C(Nc1ccc(C(F)(F)F)cc1)c1cc(N2CCc3ccccc3C2)ccn1. The van der Waals surface area contributed by atoms with Gasteiger partial charge in [-0.1, -0.05) is 24.3 Å². The van der Waals surface area contributed by atoms with Crippen molar-refractivity contribution in [1.82, 2.24) is 4.98 Å². The Morgan fingerprint density at radius 1 is 1.00 bits per heavy atom. The Hall–Kier alpha value is -3.35. The lowest BCUT2D eigenvalue weighted by atomic mass is 9.99. The molecule has 0 saturated carbocycles. The molecule has 4 rings (SSSR count). The zero-order valence-corrected chi connectivity index (χ0v) is 15.4. The van der Waals surface area contributed by atoms with Crippen molar-refractivity contribution in [2.24, 2.45) is 0 Å². The number of rotatable bonds is 3. The maximum absolute atomic E-state index is 12.7. The van der Waals surface area contributed by atoms with Crippen molar-refractivity contribution in [3.63, 3.8) is 0 Å². The number of carbonyl (C=O) groups is 1. The highest BCUT2D eigenvalue weighted by molar-refractivity contribution is 6.03. The number of aromatic nitrogens is 1. The van der Waals surface area contributed by atoms with E-state index in [1.54, 1.807) is 12.3 Å². The van der Waals surface area contributed by atoms with Crippen LogP contribution in [0.3, 0.4) is 0 Å². The van der Waals surface area contributed by atoms with Crippen LogP contribution in [0.15, 0.2) is 66.9 Å². The van der Waals surface area contributed by atoms with Gasteiger partial charge in [0, 0.05) is 30.7 Å². The molecule has 0 fully saturated rings. The summed E-state index contributed by atoms with van der Waals surface area (Å²) in [6.07, 6.45) is -1.92. The lowest BCUT2D eigenvalue weighted by Gasteiger charge is -2.30. The Balaban J connectivity index is 1.48. The van der Waals surface area contributed by atoms with Gasteiger partial charge in [-0.3, -0.25) is 9.78 Å². The molecule has 0 bridgehead atoms. The largest absolute Gasteiger partial charge is 0.416 e. The maximum atomic E-state index is 12.7. The van der Waals surface area contributed by atoms with Crippen molar-refractivity contribution in [2.45, 2.75) is 19.1 Å². The summed E-state index contributed by atoms with van der Waals surface area (Å²) in [6.45, 7) is 1.58. The van der Waals surface area contributed by atoms with Crippen LogP contribution in [0.1, 0.15) is 27.2 Å². The van der Waals surface area contributed by atoms with Crippen LogP contribution in [-0.4, -0.2) is 17.4 Å². The highest BCUT2D eigenvalue weighted by Gasteiger charge is 2.30. The zero-order chi connectivity index (χ0) is 20.4. The minimum Gasteiger partial charge on any atom is -0.367 e. The number of halogens is 3. The molecule has 1 N–H and O–H groups in total. The van der Waals surface area contributed by atoms with Crippen molar-refractivity contribution < 1.29 is 18.0 Å². The highest BCUT2D eigenvalue weighted by atomic mass is 19.4. The van der Waals surface area contributed by atoms with Crippen molar-refractivity contribution in [3.8, 4) is 0 Å². The number of benzene rings is 2. The molecular formula is C22H18F3N3O. The number of amides is 1. The van der Waals surface area contributed by atoms with Gasteiger partial charge < -0.3 is 10.2 Å². The second-order valence-electron chi connectivity index (χ2n) is 6.87. The number of carbonyl (C=O) groups excluding carboxylic acids is 1. The van der Waals surface area contributed by atoms with Gasteiger partial charge in [-0.15, -0.1) is 0 Å². The molecule has 0 aliphatic carbocycles. The number of nitrogens with zero attached hydrogens (tertiary/aromatic N) is 2. The second kappa shape index (κ2) is 7.58. The smallest absolute Gasteiger partial charge is 0.367 e. The van der Waals surface area contributed by atoms with Crippen molar-refractivity contribution >= 4 is 17.3 Å². The number of nitrogens with one attached hydrogen (secondary N) is 1. The second-order valence-corrected chi connectivity index (χ2v) is 6.87. The first-order valence-electron chi connectivity index (χ1n) is 9.16. The van der Waals surface area contributed by atoms with Crippen LogP contribution in [0.25, 0.3) is 0 Å². The number of pyridine rings is 1. The average molecular weight is 397 g/mol. The monoisotopic (exact) mass is 397 g/mol. The standard InChI is InChI=1S/C22H18F3N3O/c23-22(24,25)17-5-7-18(8-6-17)27-21(29)20-13-19(9-11-26-20)28-12-10-15-3-1-2-4-16(15)14-28/h1-9,11,13H,10,12,14H2,(H,27,29). The molecule has 1 amide bonds. The lowest BCUT2D eigenvalue weighted by Crippen LogP contribution is -2.30. The van der Waals surface area contributed by atoms with Gasteiger partial charge in [0.15, 0.2) is 0 Å². The normalized spacial score (nSPS) is 13.7. The topological polar surface area (TPSA) is 45.2 Å². The molecule has 0 radical (unpaired) electrons. The first-order chi connectivity index (χ1) is 13.9. The van der Waals surface area contributed by atoms with Crippen molar-refractivity contribution in [3.05, 3.63) is 89.2 Å². The van der Waals surface area contributed by atoms with Gasteiger partial charge in [-0.25, -0.2) is 0 Å². The first-order valence-corrected chi connectivity index (χ1v) is 9.16. The summed E-state index contributed by atoms with van der Waals surface area (Å²) in [5, 5.41) is 2.60. The predicted molar refractivity (Wildman–Crippen MR) is 105 cm³/mol. The van der Waals surface area contributed by atoms with E-state index in [9.17, 15) is 18.0 Å². The molecule has 2 heterocycles. The van der Waals surface area contributed by atoms with Gasteiger partial charge in [-0.2, -0.15) is 13.2 Å². The van der Waals surface area contributed by atoms with E-state index < -0.39 is 17.6 Å². The third-order valence-electron chi connectivity index (χ3n) is 4.94. The summed E-state index contributed by atoms with van der Waals surface area (Å²) >= 11 is 0. The van der Waals surface area contributed by atoms with Crippen LogP contribution in [0.2, 0.25) is 0 Å². The Bertz CT molecular complexity index is 1030. The molecule has 0 spiro atoms. The van der Waals surface area contributed by atoms with Gasteiger partial charge in [0.25, 0.3) is 5.91 Å². The molecule has 7 heteroatoms. The number of fused-ring (bicyclic) bond motifs is 1. The van der Waals surface area contributed by atoms with E-state index in [-0.39, 0.29) is 11.4 Å². The van der Waals surface area contributed by atoms with Crippen molar-refractivity contribution in [2.75, 3.05) is 16.8 Å². The molecule has 0 atom stereocenters. The number of hydrogen-bond acceptors (Lipinski definition) is 3. The molecule has 1 aromatic heterocycles. The average Bonchev–Trinajstić information content (AvgIpc) is 2.73. The van der Waals surface area contributed by atoms with Gasteiger partial charge in [0.2, 0.25) is 0 Å². The summed E-state index contributed by atoms with van der Waals surface area (Å²) < 4.78 is 38.0. The van der Waals surface area contributed by atoms with Crippen LogP contribution < -0.4 is 10.2 Å². The molecule has 3 aromatic rings. The Labute approximate surface area is 166 Å². The summed E-state index contributed by atoms with van der Waals surface area (Å²) in [7, 11) is 0. The van der Waals surface area contributed by atoms with Crippen molar-refractivity contribution in [1.29, 1.82) is 0 Å². The lowest BCUT2D eigenvalue weighted by molar-refractivity contribution is -0.137. The van der Waals surface area contributed by atoms with E-state index in [0.717, 1.165) is 37.3 Å². The maximum Gasteiger partial charge on any atom is 0.416 e. The highest BCUT2D eigenvalue weighted by Crippen LogP contribution is 2.30. The molecule has 4 nitrogen and oxygen atoms in total. The zero-order valence-electron chi connectivity index (χ0n) is 15.4. The minimum absolute atomic E-state index is 0.209. The minimum atomic E-state index is -4.41. The predicted octanol–water partition coefficient (Wildman–Crippen LogP) is 4.92. The Morgan fingerprint density at radius 3 is 2.45 bits per heavy atom. The van der Waals surface area contributed by atoms with E-state index in [0.29, 0.717) is 0 Å². The first kappa shape index (κ1) is 19.0. The van der Waals surface area contributed by atoms with Gasteiger partial charge in [-0.05, 0) is 53.9 Å². The van der Waals surface area contributed by atoms with E-state index in [1.165, 1.54) is 23.3 Å². The molecule has 1 aliphatic heterocycles. The van der Waals surface area contributed by atoms with E-state index in [2.05, 4.69) is 27.3 Å². The summed E-state index contributed by atoms with van der Waals surface area (Å²) in [5.41, 5.74) is 3.20. The summed E-state index contributed by atoms with van der Waals surface area (Å²) in [6, 6.07) is 16.1. The molecule has 0 unspecified atom stereocenters. The van der Waals surface area contributed by atoms with E-state index in [4.69, 9.17) is 0 Å². The molecule has 148 valence electrons. The fourth-order valence-electron chi connectivity index (χ4n) is 3.39. The Morgan fingerprint density at radius 2 is 1.72 bits per heavy atom.